The van der Waals surface area contributed by atoms with Gasteiger partial charge < -0.3 is 15.0 Å². The highest BCUT2D eigenvalue weighted by atomic mass is 19.4. The molecule has 0 fully saturated rings. The number of ether oxygens (including phenoxy) is 1. The minimum Gasteiger partial charge on any atom is -0.406 e. The first-order valence-electron chi connectivity index (χ1n) is 7.06. The summed E-state index contributed by atoms with van der Waals surface area (Å²) in [6.45, 7) is 1.69. The van der Waals surface area contributed by atoms with Crippen molar-refractivity contribution >= 4 is 17.5 Å². The average Bonchev–Trinajstić information content (AvgIpc) is 2.46. The van der Waals surface area contributed by atoms with Crippen molar-refractivity contribution in [2.45, 2.75) is 19.3 Å². The number of alkyl halides is 3. The van der Waals surface area contributed by atoms with E-state index < -0.39 is 12.4 Å². The Balaban J connectivity index is 2.62. The Morgan fingerprint density at radius 3 is 2.17 bits per heavy atom. The van der Waals surface area contributed by atoms with E-state index in [-0.39, 0.29) is 24.1 Å². The Labute approximate surface area is 138 Å². The molecule has 0 saturated carbocycles. The van der Waals surface area contributed by atoms with Gasteiger partial charge in [0, 0.05) is 19.8 Å². The summed E-state index contributed by atoms with van der Waals surface area (Å²) >= 11 is 0. The van der Waals surface area contributed by atoms with Crippen LogP contribution in [0.4, 0.5) is 18.9 Å². The van der Waals surface area contributed by atoms with Gasteiger partial charge in [-0.2, -0.15) is 0 Å². The summed E-state index contributed by atoms with van der Waals surface area (Å²) < 4.78 is 40.0. The molecule has 0 heterocycles. The smallest absolute Gasteiger partial charge is 0.406 e. The van der Waals surface area contributed by atoms with Gasteiger partial charge >= 0.3 is 6.36 Å². The summed E-state index contributed by atoms with van der Waals surface area (Å²) in [5.74, 6) is -0.901. The van der Waals surface area contributed by atoms with Crippen molar-refractivity contribution in [3.05, 3.63) is 24.3 Å². The number of nitrogens with one attached hydrogen (secondary N) is 1. The van der Waals surface area contributed by atoms with Crippen LogP contribution in [0.25, 0.3) is 0 Å². The van der Waals surface area contributed by atoms with Gasteiger partial charge in [-0.25, -0.2) is 0 Å². The van der Waals surface area contributed by atoms with Crippen LogP contribution in [0.5, 0.6) is 5.75 Å². The second-order valence-corrected chi connectivity index (χ2v) is 5.44. The van der Waals surface area contributed by atoms with Crippen LogP contribution in [0.15, 0.2) is 24.3 Å². The third-order valence-electron chi connectivity index (χ3n) is 3.28. The van der Waals surface area contributed by atoms with Gasteiger partial charge in [-0.3, -0.25) is 14.5 Å². The lowest BCUT2D eigenvalue weighted by molar-refractivity contribution is -0.274. The third kappa shape index (κ3) is 6.45. The summed E-state index contributed by atoms with van der Waals surface area (Å²) in [6, 6.07) is 4.22. The van der Waals surface area contributed by atoms with Crippen LogP contribution in [0.2, 0.25) is 0 Å². The van der Waals surface area contributed by atoms with E-state index in [0.29, 0.717) is 5.69 Å². The number of benzene rings is 1. The molecule has 9 heteroatoms. The first-order valence-corrected chi connectivity index (χ1v) is 7.06. The van der Waals surface area contributed by atoms with Crippen LogP contribution in [0, 0.1) is 0 Å². The van der Waals surface area contributed by atoms with Crippen molar-refractivity contribution in [2.24, 2.45) is 0 Å². The highest BCUT2D eigenvalue weighted by molar-refractivity contribution is 5.94. The fraction of sp³-hybridized carbons (Fsp3) is 0.467. The van der Waals surface area contributed by atoms with Crippen molar-refractivity contribution in [3.63, 3.8) is 0 Å². The Morgan fingerprint density at radius 1 is 1.17 bits per heavy atom. The average molecular weight is 347 g/mol. The van der Waals surface area contributed by atoms with Crippen molar-refractivity contribution in [3.8, 4) is 5.75 Å². The van der Waals surface area contributed by atoms with Crippen LogP contribution in [-0.4, -0.2) is 61.7 Å². The minimum atomic E-state index is -4.76. The standard InChI is InChI=1S/C15H20F3N3O3/c1-10(21(4)9-13(22)20(2)3)14(23)19-11-5-7-12(8-6-11)24-15(16,17)18/h5-8,10H,9H2,1-4H3,(H,19,23)/t10-/m1/s1. The van der Waals surface area contributed by atoms with Gasteiger partial charge in [-0.1, -0.05) is 0 Å². The maximum atomic E-state index is 12.1. The summed E-state index contributed by atoms with van der Waals surface area (Å²) in [4.78, 5) is 26.8. The van der Waals surface area contributed by atoms with Crippen LogP contribution in [0.3, 0.4) is 0 Å². The summed E-state index contributed by atoms with van der Waals surface area (Å²) in [5, 5.41) is 2.57. The molecule has 134 valence electrons. The van der Waals surface area contributed by atoms with Crippen molar-refractivity contribution < 1.29 is 27.5 Å². The zero-order chi connectivity index (χ0) is 18.5. The number of likely N-dealkylation sites (N-methyl/N-ethyl adjacent to an activating group) is 2. The predicted octanol–water partition coefficient (Wildman–Crippen LogP) is 1.93. The fourth-order valence-electron chi connectivity index (χ4n) is 1.68. The van der Waals surface area contributed by atoms with E-state index in [4.69, 9.17) is 0 Å². The molecule has 2 amide bonds. The van der Waals surface area contributed by atoms with E-state index in [1.807, 2.05) is 0 Å². The molecule has 0 spiro atoms. The van der Waals surface area contributed by atoms with Crippen molar-refractivity contribution in [2.75, 3.05) is 33.0 Å². The number of carbonyl (C=O) groups excluding carboxylic acids is 2. The first kappa shape index (κ1) is 19.8. The zero-order valence-corrected chi connectivity index (χ0v) is 13.8. The number of nitrogens with zero attached hydrogens (tertiary/aromatic N) is 2. The molecule has 0 aromatic heterocycles. The normalized spacial score (nSPS) is 12.7. The van der Waals surface area contributed by atoms with Crippen LogP contribution < -0.4 is 10.1 Å². The number of anilines is 1. The van der Waals surface area contributed by atoms with Gasteiger partial charge in [-0.15, -0.1) is 13.2 Å². The van der Waals surface area contributed by atoms with E-state index >= 15 is 0 Å². The lowest BCUT2D eigenvalue weighted by Gasteiger charge is -2.24. The largest absolute Gasteiger partial charge is 0.573 e. The molecular weight excluding hydrogens is 327 g/mol. The SMILES string of the molecule is C[C@H](C(=O)Nc1ccc(OC(F)(F)F)cc1)N(C)CC(=O)N(C)C. The summed E-state index contributed by atoms with van der Waals surface area (Å²) in [6.07, 6.45) is -4.76. The van der Waals surface area contributed by atoms with Gasteiger partial charge in [0.05, 0.1) is 12.6 Å². The molecule has 1 N–H and O–H groups in total. The van der Waals surface area contributed by atoms with E-state index in [1.165, 1.54) is 17.0 Å². The molecule has 1 rings (SSSR count). The van der Waals surface area contributed by atoms with E-state index in [9.17, 15) is 22.8 Å². The number of hydrogen-bond acceptors (Lipinski definition) is 4. The van der Waals surface area contributed by atoms with Gasteiger partial charge in [0.2, 0.25) is 11.8 Å². The lowest BCUT2D eigenvalue weighted by Crippen LogP contribution is -2.44. The van der Waals surface area contributed by atoms with E-state index in [2.05, 4.69) is 10.1 Å². The monoisotopic (exact) mass is 347 g/mol. The molecule has 0 saturated heterocycles. The second-order valence-electron chi connectivity index (χ2n) is 5.44. The third-order valence-corrected chi connectivity index (χ3v) is 3.28. The van der Waals surface area contributed by atoms with Gasteiger partial charge in [-0.05, 0) is 38.2 Å². The van der Waals surface area contributed by atoms with Crippen molar-refractivity contribution in [1.29, 1.82) is 0 Å². The number of carbonyl (C=O) groups is 2. The zero-order valence-electron chi connectivity index (χ0n) is 13.8. The predicted molar refractivity (Wildman–Crippen MR) is 82.5 cm³/mol. The number of hydrogen-bond donors (Lipinski definition) is 1. The molecule has 0 aliphatic heterocycles. The van der Waals surface area contributed by atoms with Gasteiger partial charge in [0.1, 0.15) is 5.75 Å². The van der Waals surface area contributed by atoms with Crippen LogP contribution >= 0.6 is 0 Å². The molecule has 1 atom stereocenters. The fourth-order valence-corrected chi connectivity index (χ4v) is 1.68. The number of halogens is 3. The molecule has 6 nitrogen and oxygen atoms in total. The first-order chi connectivity index (χ1) is 11.0. The van der Waals surface area contributed by atoms with Crippen LogP contribution in [-0.2, 0) is 9.59 Å². The molecule has 24 heavy (non-hydrogen) atoms. The minimum absolute atomic E-state index is 0.0694. The quantitative estimate of drug-likeness (QED) is 0.854. The Kier molecular flexibility index (Phi) is 6.59. The Morgan fingerprint density at radius 2 is 1.71 bits per heavy atom. The molecule has 1 aromatic rings. The molecular formula is C15H20F3N3O3. The maximum Gasteiger partial charge on any atom is 0.573 e. The summed E-state index contributed by atoms with van der Waals surface area (Å²) in [7, 11) is 4.86. The molecule has 0 bridgehead atoms. The molecule has 0 aliphatic carbocycles. The number of amides is 2. The highest BCUT2D eigenvalue weighted by Gasteiger charge is 2.31. The Bertz CT molecular complexity index is 574. The molecule has 0 unspecified atom stereocenters. The molecule has 1 aromatic carbocycles. The molecule has 0 aliphatic rings. The van der Waals surface area contributed by atoms with E-state index in [0.717, 1.165) is 12.1 Å². The Hall–Kier alpha value is -2.29. The summed E-state index contributed by atoms with van der Waals surface area (Å²) in [5.41, 5.74) is 0.328. The van der Waals surface area contributed by atoms with E-state index in [1.54, 1.807) is 33.0 Å². The molecule has 0 radical (unpaired) electrons. The lowest BCUT2D eigenvalue weighted by atomic mass is 10.2. The number of rotatable bonds is 6. The maximum absolute atomic E-state index is 12.1. The van der Waals surface area contributed by atoms with Gasteiger partial charge in [0.25, 0.3) is 0 Å². The van der Waals surface area contributed by atoms with Crippen molar-refractivity contribution in [1.82, 2.24) is 9.80 Å². The second kappa shape index (κ2) is 8.00. The topological polar surface area (TPSA) is 61.9 Å². The highest BCUT2D eigenvalue weighted by Crippen LogP contribution is 2.24. The van der Waals surface area contributed by atoms with Gasteiger partial charge in [0.15, 0.2) is 0 Å². The van der Waals surface area contributed by atoms with Crippen LogP contribution in [0.1, 0.15) is 6.92 Å².